The number of likely N-dealkylation sites (N-methyl/N-ethyl adjacent to an activating group) is 1. The molecule has 1 unspecified atom stereocenters. The van der Waals surface area contributed by atoms with Crippen molar-refractivity contribution < 1.29 is 9.53 Å². The highest BCUT2D eigenvalue weighted by Gasteiger charge is 2.27. The molecule has 9 nitrogen and oxygen atoms in total. The second-order valence-electron chi connectivity index (χ2n) is 9.55. The smallest absolute Gasteiger partial charge is 0.420 e. The van der Waals surface area contributed by atoms with Gasteiger partial charge in [-0.3, -0.25) is 4.90 Å². The number of benzene rings is 2. The van der Waals surface area contributed by atoms with Crippen molar-refractivity contribution in [1.82, 2.24) is 29.5 Å². The molecule has 2 aromatic carbocycles. The molecule has 12 heteroatoms. The van der Waals surface area contributed by atoms with Crippen LogP contribution in [0.2, 0.25) is 5.02 Å². The van der Waals surface area contributed by atoms with Crippen LogP contribution >= 0.6 is 35.0 Å². The van der Waals surface area contributed by atoms with E-state index in [0.29, 0.717) is 45.8 Å². The van der Waals surface area contributed by atoms with Crippen LogP contribution in [-0.4, -0.2) is 88.3 Å². The number of alkyl halides is 1. The van der Waals surface area contributed by atoms with Crippen LogP contribution in [0.4, 0.5) is 16.3 Å². The van der Waals surface area contributed by atoms with E-state index >= 15 is 0 Å². The first-order valence-electron chi connectivity index (χ1n) is 13.0. The average molecular weight is 601 g/mol. The van der Waals surface area contributed by atoms with E-state index < -0.39 is 6.09 Å². The number of thioether (sulfide) groups is 1. The minimum atomic E-state index is -0.546. The summed E-state index contributed by atoms with van der Waals surface area (Å²) in [6, 6.07) is 16.9. The number of anilines is 2. The summed E-state index contributed by atoms with van der Waals surface area (Å²) in [6.07, 6.45) is 3.01. The number of ether oxygens (including phenoxy) is 1. The molecule has 4 aromatic rings. The van der Waals surface area contributed by atoms with E-state index in [9.17, 15) is 4.79 Å². The standard InChI is InChI=1S/C28H31Cl2N7O2S/c1-34-11-13-35(14-12-34)15-16-39-28(38)37(22-10-6-9-21(29)17-22)26-23-18-31-36(25(23)32-27(33-26)40-2)19-24(30)20-7-4-3-5-8-20/h3-10,17-18,24H,11-16,19H2,1-2H3. The highest BCUT2D eigenvalue weighted by atomic mass is 35.5. The van der Waals surface area contributed by atoms with Crippen molar-refractivity contribution in [2.75, 3.05) is 57.5 Å². The van der Waals surface area contributed by atoms with E-state index in [2.05, 4.69) is 21.9 Å². The Labute approximate surface area is 248 Å². The van der Waals surface area contributed by atoms with E-state index in [1.54, 1.807) is 35.1 Å². The maximum atomic E-state index is 13.7. The van der Waals surface area contributed by atoms with Crippen molar-refractivity contribution in [3.05, 3.63) is 71.4 Å². The number of piperazine rings is 1. The summed E-state index contributed by atoms with van der Waals surface area (Å²) >= 11 is 14.5. The molecule has 3 heterocycles. The first-order valence-corrected chi connectivity index (χ1v) is 15.1. The Hall–Kier alpha value is -2.89. The molecule has 1 atom stereocenters. The summed E-state index contributed by atoms with van der Waals surface area (Å²) in [5.41, 5.74) is 2.10. The topological polar surface area (TPSA) is 79.6 Å². The van der Waals surface area contributed by atoms with Crippen LogP contribution in [0.3, 0.4) is 0 Å². The third-order valence-electron chi connectivity index (χ3n) is 6.82. The highest BCUT2D eigenvalue weighted by molar-refractivity contribution is 7.98. The van der Waals surface area contributed by atoms with Crippen molar-refractivity contribution in [3.8, 4) is 0 Å². The van der Waals surface area contributed by atoms with Gasteiger partial charge in [-0.15, -0.1) is 11.6 Å². The summed E-state index contributed by atoms with van der Waals surface area (Å²) in [7, 11) is 2.11. The molecule has 0 N–H and O–H groups in total. The zero-order valence-corrected chi connectivity index (χ0v) is 24.7. The Balaban J connectivity index is 1.46. The van der Waals surface area contributed by atoms with Gasteiger partial charge < -0.3 is 9.64 Å². The normalized spacial score (nSPS) is 15.3. The van der Waals surface area contributed by atoms with Gasteiger partial charge in [-0.25, -0.2) is 24.3 Å². The number of fused-ring (bicyclic) bond motifs is 1. The first kappa shape index (κ1) is 28.6. The largest absolute Gasteiger partial charge is 0.448 e. The first-order chi connectivity index (χ1) is 19.4. The van der Waals surface area contributed by atoms with Gasteiger partial charge in [0.2, 0.25) is 0 Å². The lowest BCUT2D eigenvalue weighted by molar-refractivity contribution is 0.108. The van der Waals surface area contributed by atoms with Gasteiger partial charge in [0.1, 0.15) is 6.61 Å². The number of carbonyl (C=O) groups is 1. The molecule has 0 bridgehead atoms. The van der Waals surface area contributed by atoms with E-state index in [-0.39, 0.29) is 12.0 Å². The van der Waals surface area contributed by atoms with Crippen molar-refractivity contribution in [2.24, 2.45) is 0 Å². The maximum absolute atomic E-state index is 13.7. The molecule has 0 radical (unpaired) electrons. The lowest BCUT2D eigenvalue weighted by Crippen LogP contribution is -2.45. The van der Waals surface area contributed by atoms with Gasteiger partial charge >= 0.3 is 6.09 Å². The van der Waals surface area contributed by atoms with Crippen molar-refractivity contribution in [3.63, 3.8) is 0 Å². The molecule has 2 aromatic heterocycles. The monoisotopic (exact) mass is 599 g/mol. The summed E-state index contributed by atoms with van der Waals surface area (Å²) in [6.45, 7) is 5.19. The quantitative estimate of drug-likeness (QED) is 0.138. The van der Waals surface area contributed by atoms with Gasteiger partial charge in [-0.1, -0.05) is 59.8 Å². The number of halogens is 2. The van der Waals surface area contributed by atoms with E-state index in [0.717, 1.165) is 31.7 Å². The van der Waals surface area contributed by atoms with Crippen LogP contribution in [0.15, 0.2) is 66.0 Å². The van der Waals surface area contributed by atoms with Crippen LogP contribution in [0, 0.1) is 0 Å². The van der Waals surface area contributed by atoms with Crippen LogP contribution in [-0.2, 0) is 11.3 Å². The Morgan fingerprint density at radius 1 is 1.10 bits per heavy atom. The fourth-order valence-corrected chi connectivity index (χ4v) is 5.38. The summed E-state index contributed by atoms with van der Waals surface area (Å²) < 4.78 is 7.56. The Bertz CT molecular complexity index is 1450. The molecular formula is C28H31Cl2N7O2S. The molecule has 1 fully saturated rings. The average Bonchev–Trinajstić information content (AvgIpc) is 3.37. The zero-order valence-electron chi connectivity index (χ0n) is 22.4. The Morgan fingerprint density at radius 3 is 2.60 bits per heavy atom. The number of amides is 1. The highest BCUT2D eigenvalue weighted by Crippen LogP contribution is 2.34. The Morgan fingerprint density at radius 2 is 1.88 bits per heavy atom. The Kier molecular flexibility index (Phi) is 9.44. The molecule has 1 saturated heterocycles. The molecule has 1 amide bonds. The molecule has 210 valence electrons. The van der Waals surface area contributed by atoms with Gasteiger partial charge in [0, 0.05) is 37.7 Å². The fraction of sp³-hybridized carbons (Fsp3) is 0.357. The third-order valence-corrected chi connectivity index (χ3v) is 8.00. The fourth-order valence-electron chi connectivity index (χ4n) is 4.56. The van der Waals surface area contributed by atoms with E-state index in [1.165, 1.54) is 16.7 Å². The molecular weight excluding hydrogens is 569 g/mol. The lowest BCUT2D eigenvalue weighted by atomic mass is 10.1. The van der Waals surface area contributed by atoms with Gasteiger partial charge in [-0.05, 0) is 37.1 Å². The SMILES string of the molecule is CSc1nc(N(C(=O)OCCN2CCN(C)CC2)c2cccc(Cl)c2)c2cnn(CC(Cl)c3ccccc3)c2n1. The number of carbonyl (C=O) groups excluding carboxylic acids is 1. The van der Waals surface area contributed by atoms with Crippen LogP contribution < -0.4 is 4.90 Å². The second-order valence-corrected chi connectivity index (χ2v) is 11.3. The maximum Gasteiger partial charge on any atom is 0.420 e. The second kappa shape index (κ2) is 13.2. The van der Waals surface area contributed by atoms with Crippen molar-refractivity contribution >= 4 is 63.6 Å². The van der Waals surface area contributed by atoms with Gasteiger partial charge in [-0.2, -0.15) is 5.10 Å². The van der Waals surface area contributed by atoms with Crippen molar-refractivity contribution in [2.45, 2.75) is 17.1 Å². The number of hydrogen-bond acceptors (Lipinski definition) is 8. The minimum absolute atomic E-state index is 0.257. The van der Waals surface area contributed by atoms with Gasteiger partial charge in [0.25, 0.3) is 0 Å². The lowest BCUT2D eigenvalue weighted by Gasteiger charge is -2.32. The number of hydrogen-bond donors (Lipinski definition) is 0. The third kappa shape index (κ3) is 6.70. The van der Waals surface area contributed by atoms with Crippen LogP contribution in [0.25, 0.3) is 11.0 Å². The van der Waals surface area contributed by atoms with E-state index in [1.807, 2.05) is 36.6 Å². The number of rotatable bonds is 9. The predicted octanol–water partition coefficient (Wildman–Crippen LogP) is 5.70. The van der Waals surface area contributed by atoms with Crippen molar-refractivity contribution in [1.29, 1.82) is 0 Å². The summed E-state index contributed by atoms with van der Waals surface area (Å²) in [4.78, 5) is 29.2. The van der Waals surface area contributed by atoms with E-state index in [4.69, 9.17) is 37.9 Å². The molecule has 5 rings (SSSR count). The molecule has 0 spiro atoms. The minimum Gasteiger partial charge on any atom is -0.448 e. The van der Waals surface area contributed by atoms with Crippen LogP contribution in [0.1, 0.15) is 10.9 Å². The summed E-state index contributed by atoms with van der Waals surface area (Å²) in [5, 5.41) is 5.86. The molecule has 1 aliphatic heterocycles. The number of nitrogens with zero attached hydrogens (tertiary/aromatic N) is 7. The molecule has 1 aliphatic rings. The zero-order chi connectivity index (χ0) is 28.1. The van der Waals surface area contributed by atoms with Gasteiger partial charge in [0.15, 0.2) is 16.6 Å². The number of aromatic nitrogens is 4. The molecule has 0 aliphatic carbocycles. The predicted molar refractivity (Wildman–Crippen MR) is 161 cm³/mol. The molecule has 0 saturated carbocycles. The summed E-state index contributed by atoms with van der Waals surface area (Å²) in [5.74, 6) is 0.373. The molecule has 40 heavy (non-hydrogen) atoms. The van der Waals surface area contributed by atoms with Gasteiger partial charge in [0.05, 0.1) is 29.2 Å². The van der Waals surface area contributed by atoms with Crippen LogP contribution in [0.5, 0.6) is 0 Å².